The lowest BCUT2D eigenvalue weighted by atomic mass is 10.2. The first-order chi connectivity index (χ1) is 15.3. The third-order valence-electron chi connectivity index (χ3n) is 4.79. The van der Waals surface area contributed by atoms with E-state index in [2.05, 4.69) is 56.5 Å². The predicted molar refractivity (Wildman–Crippen MR) is 124 cm³/mol. The van der Waals surface area contributed by atoms with Crippen molar-refractivity contribution in [1.82, 2.24) is 19.7 Å². The highest BCUT2D eigenvalue weighted by Crippen LogP contribution is 2.28. The van der Waals surface area contributed by atoms with Crippen LogP contribution < -0.4 is 0 Å². The molecule has 5 rings (SSSR count). The van der Waals surface area contributed by atoms with Crippen molar-refractivity contribution in [3.63, 3.8) is 0 Å². The van der Waals surface area contributed by atoms with Crippen molar-refractivity contribution in [3.05, 3.63) is 106 Å². The van der Waals surface area contributed by atoms with Gasteiger partial charge in [-0.15, -0.1) is 21.5 Å². The second-order valence-electron chi connectivity index (χ2n) is 7.04. The topological polar surface area (TPSA) is 56.7 Å². The summed E-state index contributed by atoms with van der Waals surface area (Å²) in [4.78, 5) is 4.81. The minimum atomic E-state index is 0.683. The van der Waals surface area contributed by atoms with Crippen molar-refractivity contribution in [2.45, 2.75) is 23.9 Å². The molecule has 0 spiro atoms. The molecule has 0 aliphatic heterocycles. The largest absolute Gasteiger partial charge is 0.461 e. The highest BCUT2D eigenvalue weighted by Gasteiger charge is 2.17. The van der Waals surface area contributed by atoms with Crippen LogP contribution in [-0.2, 0) is 18.7 Å². The normalized spacial score (nSPS) is 11.1. The van der Waals surface area contributed by atoms with Gasteiger partial charge in [0.15, 0.2) is 10.9 Å². The van der Waals surface area contributed by atoms with Gasteiger partial charge in [0.2, 0.25) is 5.82 Å². The van der Waals surface area contributed by atoms with Gasteiger partial charge >= 0.3 is 0 Å². The van der Waals surface area contributed by atoms with Crippen LogP contribution in [0.4, 0.5) is 0 Å². The Morgan fingerprint density at radius 3 is 2.39 bits per heavy atom. The first-order valence-electron chi connectivity index (χ1n) is 9.96. The van der Waals surface area contributed by atoms with E-state index in [0.717, 1.165) is 33.9 Å². The molecule has 5 nitrogen and oxygen atoms in total. The Morgan fingerprint density at radius 1 is 0.871 bits per heavy atom. The van der Waals surface area contributed by atoms with E-state index < -0.39 is 0 Å². The summed E-state index contributed by atoms with van der Waals surface area (Å²) in [6, 6.07) is 24.5. The van der Waals surface area contributed by atoms with Gasteiger partial charge in [-0.3, -0.25) is 4.57 Å². The summed E-state index contributed by atoms with van der Waals surface area (Å²) < 4.78 is 7.70. The SMILES string of the molecule is c1ccc(Cc2nc(CSc3nnc(-c4ccco4)n3Cc3ccccc3)cs2)cc1. The van der Waals surface area contributed by atoms with Crippen LogP contribution in [0.1, 0.15) is 21.8 Å². The minimum Gasteiger partial charge on any atom is -0.461 e. The lowest BCUT2D eigenvalue weighted by Crippen LogP contribution is -2.04. The summed E-state index contributed by atoms with van der Waals surface area (Å²) in [5.41, 5.74) is 3.53. The van der Waals surface area contributed by atoms with Crippen LogP contribution in [0.5, 0.6) is 0 Å². The van der Waals surface area contributed by atoms with Crippen LogP contribution in [0, 0.1) is 0 Å². The maximum atomic E-state index is 5.59. The number of furan rings is 1. The lowest BCUT2D eigenvalue weighted by Gasteiger charge is -2.09. The molecule has 0 fully saturated rings. The number of hydrogen-bond donors (Lipinski definition) is 0. The molecule has 0 atom stereocenters. The fraction of sp³-hybridized carbons (Fsp3) is 0.125. The zero-order chi connectivity index (χ0) is 20.9. The van der Waals surface area contributed by atoms with E-state index in [-0.39, 0.29) is 0 Å². The van der Waals surface area contributed by atoms with Crippen LogP contribution in [0.2, 0.25) is 0 Å². The third-order valence-corrected chi connectivity index (χ3v) is 6.69. The summed E-state index contributed by atoms with van der Waals surface area (Å²) in [6.45, 7) is 0.683. The van der Waals surface area contributed by atoms with Gasteiger partial charge in [-0.2, -0.15) is 0 Å². The van der Waals surface area contributed by atoms with Gasteiger partial charge in [0.25, 0.3) is 0 Å². The van der Waals surface area contributed by atoms with Gasteiger partial charge in [0, 0.05) is 17.6 Å². The molecule has 2 aromatic carbocycles. The standard InChI is InChI=1S/C24H20N4OS2/c1-3-8-18(9-4-1)14-22-25-20(16-30-22)17-31-24-27-26-23(21-12-7-13-29-21)28(24)15-19-10-5-2-6-11-19/h1-13,16H,14-15,17H2. The first-order valence-corrected chi connectivity index (χ1v) is 11.8. The van der Waals surface area contributed by atoms with Crippen molar-refractivity contribution in [2.75, 3.05) is 0 Å². The quantitative estimate of drug-likeness (QED) is 0.278. The molecular weight excluding hydrogens is 424 g/mol. The summed E-state index contributed by atoms with van der Waals surface area (Å²) >= 11 is 3.36. The molecule has 5 aromatic rings. The summed E-state index contributed by atoms with van der Waals surface area (Å²) in [6.07, 6.45) is 2.52. The molecule has 3 aromatic heterocycles. The Kier molecular flexibility index (Phi) is 5.95. The maximum Gasteiger partial charge on any atom is 0.200 e. The number of nitrogens with zero attached hydrogens (tertiary/aromatic N) is 4. The van der Waals surface area contributed by atoms with Crippen LogP contribution in [0.3, 0.4) is 0 Å². The second-order valence-corrected chi connectivity index (χ2v) is 8.92. The molecule has 154 valence electrons. The Bertz CT molecular complexity index is 1230. The van der Waals surface area contributed by atoms with Gasteiger partial charge in [0.05, 0.1) is 23.5 Å². The van der Waals surface area contributed by atoms with E-state index in [1.807, 2.05) is 36.4 Å². The number of thioether (sulfide) groups is 1. The van der Waals surface area contributed by atoms with E-state index in [1.54, 1.807) is 29.4 Å². The minimum absolute atomic E-state index is 0.683. The van der Waals surface area contributed by atoms with Gasteiger partial charge in [0.1, 0.15) is 0 Å². The zero-order valence-electron chi connectivity index (χ0n) is 16.7. The van der Waals surface area contributed by atoms with Crippen LogP contribution in [0.25, 0.3) is 11.6 Å². The summed E-state index contributed by atoms with van der Waals surface area (Å²) in [5, 5.41) is 13.0. The van der Waals surface area contributed by atoms with Gasteiger partial charge in [-0.05, 0) is 23.3 Å². The van der Waals surface area contributed by atoms with E-state index in [9.17, 15) is 0 Å². The highest BCUT2D eigenvalue weighted by atomic mass is 32.2. The molecule has 0 aliphatic rings. The Morgan fingerprint density at radius 2 is 1.65 bits per heavy atom. The molecule has 0 radical (unpaired) electrons. The maximum absolute atomic E-state index is 5.59. The number of thiazole rings is 1. The van der Waals surface area contributed by atoms with Gasteiger partial charge < -0.3 is 4.42 Å². The van der Waals surface area contributed by atoms with Gasteiger partial charge in [-0.1, -0.05) is 72.4 Å². The van der Waals surface area contributed by atoms with E-state index in [1.165, 1.54) is 11.1 Å². The molecule has 0 saturated heterocycles. The second kappa shape index (κ2) is 9.32. The Hall–Kier alpha value is -3.16. The highest BCUT2D eigenvalue weighted by molar-refractivity contribution is 7.98. The molecule has 0 aliphatic carbocycles. The van der Waals surface area contributed by atoms with Crippen LogP contribution in [-0.4, -0.2) is 19.7 Å². The molecule has 0 bridgehead atoms. The molecular formula is C24H20N4OS2. The zero-order valence-corrected chi connectivity index (χ0v) is 18.4. The monoisotopic (exact) mass is 444 g/mol. The van der Waals surface area contributed by atoms with Crippen LogP contribution >= 0.6 is 23.1 Å². The number of rotatable bonds is 8. The number of hydrogen-bond acceptors (Lipinski definition) is 6. The molecule has 0 saturated carbocycles. The molecule has 0 unspecified atom stereocenters. The van der Waals surface area contributed by atoms with Crippen molar-refractivity contribution >= 4 is 23.1 Å². The molecule has 0 amide bonds. The summed E-state index contributed by atoms with van der Waals surface area (Å²) in [5.74, 6) is 2.20. The smallest absolute Gasteiger partial charge is 0.200 e. The predicted octanol–water partition coefficient (Wildman–Crippen LogP) is 5.93. The Labute approximate surface area is 188 Å². The molecule has 31 heavy (non-hydrogen) atoms. The number of aromatic nitrogens is 4. The average Bonchev–Trinajstić information content (AvgIpc) is 3.56. The average molecular weight is 445 g/mol. The summed E-state index contributed by atoms with van der Waals surface area (Å²) in [7, 11) is 0. The van der Waals surface area contributed by atoms with Crippen LogP contribution in [0.15, 0.2) is 94.0 Å². The van der Waals surface area contributed by atoms with Gasteiger partial charge in [-0.25, -0.2) is 4.98 Å². The molecule has 0 N–H and O–H groups in total. The Balaban J connectivity index is 1.33. The van der Waals surface area contributed by atoms with Crippen molar-refractivity contribution < 1.29 is 4.42 Å². The fourth-order valence-electron chi connectivity index (χ4n) is 3.30. The van der Waals surface area contributed by atoms with E-state index in [0.29, 0.717) is 12.3 Å². The van der Waals surface area contributed by atoms with E-state index >= 15 is 0 Å². The first kappa shape index (κ1) is 19.8. The fourth-order valence-corrected chi connectivity index (χ4v) is 5.06. The van der Waals surface area contributed by atoms with Crippen molar-refractivity contribution in [2.24, 2.45) is 0 Å². The van der Waals surface area contributed by atoms with Crippen molar-refractivity contribution in [1.29, 1.82) is 0 Å². The third kappa shape index (κ3) is 4.78. The lowest BCUT2D eigenvalue weighted by molar-refractivity contribution is 0.569. The van der Waals surface area contributed by atoms with E-state index in [4.69, 9.17) is 9.40 Å². The molecule has 7 heteroatoms. The van der Waals surface area contributed by atoms with Crippen molar-refractivity contribution in [3.8, 4) is 11.6 Å². The number of benzene rings is 2. The molecule has 3 heterocycles.